The topological polar surface area (TPSA) is 228 Å². The normalized spacial score (nSPS) is 14.8. The summed E-state index contributed by atoms with van der Waals surface area (Å²) in [6.45, 7) is 16.8. The largest absolute Gasteiger partial charge is 0.481 e. The molecule has 3 heterocycles. The molecule has 1 aliphatic heterocycles. The number of rotatable bonds is 9. The van der Waals surface area contributed by atoms with E-state index in [4.69, 9.17) is 35.4 Å². The Morgan fingerprint density at radius 2 is 1.68 bits per heavy atom. The van der Waals surface area contributed by atoms with Crippen molar-refractivity contribution < 1.29 is 43.6 Å². The van der Waals surface area contributed by atoms with Crippen LogP contribution >= 0.6 is 0 Å². The van der Waals surface area contributed by atoms with Crippen molar-refractivity contribution in [3.05, 3.63) is 24.2 Å². The highest BCUT2D eigenvalue weighted by molar-refractivity contribution is 5.78. The molecule has 15 heteroatoms. The lowest BCUT2D eigenvalue weighted by atomic mass is 10.1. The standard InChI is InChI=1S/C18H25N5O5.C5H8O4.C3H8.C2H6.CHN/c1-18(2,3)28-17(25)20-8-15(24)26-9-11-4-7-14(27-11)12-5-6-13-16(19)21-10-22-23(12)13;6-4(7)2-1-3-5(8)9;1-3-2;2*1-2/h5-6,10-11,14H,4,7-9H2,1-3H3,(H,20,25)(H2,19,21,22);1-3H2,(H,6,7)(H,8,9);3H2,1-2H3;1-2H3;1H. The Morgan fingerprint density at radius 3 is 2.20 bits per heavy atom. The number of esters is 1. The van der Waals surface area contributed by atoms with Gasteiger partial charge in [0.25, 0.3) is 0 Å². The minimum atomic E-state index is -0.948. The molecule has 2 unspecified atom stereocenters. The number of aliphatic carboxylic acids is 2. The van der Waals surface area contributed by atoms with Crippen molar-refractivity contribution in [2.24, 2.45) is 0 Å². The maximum Gasteiger partial charge on any atom is 0.408 e. The number of nitrogens with two attached hydrogens (primary N) is 1. The van der Waals surface area contributed by atoms with Gasteiger partial charge >= 0.3 is 24.0 Å². The first-order valence-corrected chi connectivity index (χ1v) is 14.3. The molecule has 5 N–H and O–H groups in total. The van der Waals surface area contributed by atoms with Crippen LogP contribution in [0.15, 0.2) is 18.5 Å². The number of carboxylic acids is 2. The molecule has 1 amide bonds. The van der Waals surface area contributed by atoms with Gasteiger partial charge in [-0.1, -0.05) is 34.1 Å². The van der Waals surface area contributed by atoms with E-state index in [1.165, 1.54) is 12.7 Å². The molecule has 0 aliphatic carbocycles. The van der Waals surface area contributed by atoms with Gasteiger partial charge in [0, 0.05) is 19.4 Å². The number of carboxylic acid groups (broad SMARTS) is 2. The molecule has 2 atom stereocenters. The fourth-order valence-electron chi connectivity index (χ4n) is 3.35. The molecule has 2 aromatic heterocycles. The van der Waals surface area contributed by atoms with Crippen molar-refractivity contribution in [1.82, 2.24) is 19.9 Å². The van der Waals surface area contributed by atoms with Crippen LogP contribution in [0, 0.1) is 11.8 Å². The number of nitriles is 1. The first-order valence-electron chi connectivity index (χ1n) is 14.3. The summed E-state index contributed by atoms with van der Waals surface area (Å²) in [4.78, 5) is 46.9. The number of carbonyl (C=O) groups excluding carboxylic acids is 2. The molecule has 1 aliphatic rings. The smallest absolute Gasteiger partial charge is 0.408 e. The summed E-state index contributed by atoms with van der Waals surface area (Å²) in [6, 6.07) is 3.76. The molecule has 0 saturated carbocycles. The number of ether oxygens (including phenoxy) is 3. The zero-order valence-corrected chi connectivity index (χ0v) is 26.7. The Bertz CT molecular complexity index is 1150. The Morgan fingerprint density at radius 1 is 1.11 bits per heavy atom. The summed E-state index contributed by atoms with van der Waals surface area (Å²) in [7, 11) is 0. The highest BCUT2D eigenvalue weighted by Gasteiger charge is 2.30. The minimum absolute atomic E-state index is 0.0632. The van der Waals surface area contributed by atoms with E-state index in [2.05, 4.69) is 35.8 Å². The molecule has 0 radical (unpaired) electrons. The highest BCUT2D eigenvalue weighted by Crippen LogP contribution is 2.33. The Labute approximate surface area is 258 Å². The first kappa shape index (κ1) is 41.7. The molecule has 0 spiro atoms. The van der Waals surface area contributed by atoms with E-state index >= 15 is 0 Å². The number of carbonyl (C=O) groups is 4. The van der Waals surface area contributed by atoms with Crippen LogP contribution in [0.4, 0.5) is 10.6 Å². The fraction of sp³-hybridized carbons (Fsp3) is 0.621. The number of fused-ring (bicyclic) bond motifs is 1. The predicted molar refractivity (Wildman–Crippen MR) is 163 cm³/mol. The van der Waals surface area contributed by atoms with Crippen LogP contribution < -0.4 is 11.1 Å². The molecule has 15 nitrogen and oxygen atoms in total. The van der Waals surface area contributed by atoms with E-state index in [1.807, 2.05) is 26.0 Å². The summed E-state index contributed by atoms with van der Waals surface area (Å²) < 4.78 is 18.0. The van der Waals surface area contributed by atoms with Gasteiger partial charge in [-0.25, -0.2) is 19.6 Å². The average molecular weight is 625 g/mol. The second kappa shape index (κ2) is 23.1. The SMILES string of the molecule is C#N.CC.CC(C)(C)OC(=O)NCC(=O)OCC1CCC(c2ccc3c(N)ncnn23)O1.CCC.O=C(O)CCCC(=O)O. The first-order chi connectivity index (χ1) is 20.8. The number of nitrogens with one attached hydrogen (secondary N) is 1. The minimum Gasteiger partial charge on any atom is -0.481 e. The summed E-state index contributed by atoms with van der Waals surface area (Å²) in [5, 5.41) is 29.2. The fourth-order valence-corrected chi connectivity index (χ4v) is 3.35. The zero-order valence-electron chi connectivity index (χ0n) is 26.7. The monoisotopic (exact) mass is 624 g/mol. The predicted octanol–water partition coefficient (Wildman–Crippen LogP) is 4.51. The van der Waals surface area contributed by atoms with Gasteiger partial charge < -0.3 is 35.5 Å². The van der Waals surface area contributed by atoms with Crippen molar-refractivity contribution in [3.8, 4) is 6.57 Å². The Kier molecular flexibility index (Phi) is 21.8. The van der Waals surface area contributed by atoms with Crippen molar-refractivity contribution >= 4 is 35.3 Å². The third-order valence-corrected chi connectivity index (χ3v) is 4.94. The van der Waals surface area contributed by atoms with Crippen LogP contribution in [-0.4, -0.2) is 73.7 Å². The molecule has 0 aromatic carbocycles. The molecule has 248 valence electrons. The van der Waals surface area contributed by atoms with Gasteiger partial charge in [-0.3, -0.25) is 14.4 Å². The molecule has 2 aromatic rings. The van der Waals surface area contributed by atoms with E-state index in [1.54, 1.807) is 25.3 Å². The Balaban J connectivity index is 0. The number of anilines is 1. The van der Waals surface area contributed by atoms with Gasteiger partial charge in [0.1, 0.15) is 36.7 Å². The van der Waals surface area contributed by atoms with Gasteiger partial charge in [0.05, 0.1) is 11.8 Å². The molecule has 0 bridgehead atoms. The number of nitrogens with zero attached hydrogens (tertiary/aromatic N) is 4. The van der Waals surface area contributed by atoms with Crippen LogP contribution in [0.3, 0.4) is 0 Å². The van der Waals surface area contributed by atoms with E-state index in [0.717, 1.165) is 24.1 Å². The third kappa shape index (κ3) is 18.2. The van der Waals surface area contributed by atoms with Gasteiger partial charge in [-0.2, -0.15) is 5.10 Å². The summed E-state index contributed by atoms with van der Waals surface area (Å²) in [5.74, 6) is -2.04. The summed E-state index contributed by atoms with van der Waals surface area (Å²) in [5.41, 5.74) is 6.83. The maximum atomic E-state index is 11.8. The average Bonchev–Trinajstić information content (AvgIpc) is 3.60. The zero-order chi connectivity index (χ0) is 34.3. The number of hydrogen-bond donors (Lipinski definition) is 4. The molecule has 3 rings (SSSR count). The number of amides is 1. The second-order valence-electron chi connectivity index (χ2n) is 9.91. The lowest BCUT2D eigenvalue weighted by molar-refractivity contribution is -0.146. The molecule has 1 fully saturated rings. The van der Waals surface area contributed by atoms with E-state index in [0.29, 0.717) is 5.82 Å². The molecular formula is C29H48N6O9. The van der Waals surface area contributed by atoms with Crippen molar-refractivity contribution in [2.45, 2.75) is 105 Å². The highest BCUT2D eigenvalue weighted by atomic mass is 16.6. The third-order valence-electron chi connectivity index (χ3n) is 4.94. The quantitative estimate of drug-likeness (QED) is 0.282. The van der Waals surface area contributed by atoms with Gasteiger partial charge in [0.2, 0.25) is 0 Å². The lowest BCUT2D eigenvalue weighted by Crippen LogP contribution is -2.36. The van der Waals surface area contributed by atoms with Gasteiger partial charge in [0.15, 0.2) is 5.82 Å². The van der Waals surface area contributed by atoms with Crippen LogP contribution in [0.2, 0.25) is 0 Å². The van der Waals surface area contributed by atoms with Crippen LogP contribution in [0.5, 0.6) is 0 Å². The lowest BCUT2D eigenvalue weighted by Gasteiger charge is -2.19. The number of alkyl carbamates (subject to hydrolysis) is 1. The summed E-state index contributed by atoms with van der Waals surface area (Å²) in [6.07, 6.45) is 3.20. The molecular weight excluding hydrogens is 576 g/mol. The molecule has 44 heavy (non-hydrogen) atoms. The molecule has 1 saturated heterocycles. The summed E-state index contributed by atoms with van der Waals surface area (Å²) >= 11 is 0. The van der Waals surface area contributed by atoms with Crippen molar-refractivity contribution in [3.63, 3.8) is 0 Å². The van der Waals surface area contributed by atoms with Crippen molar-refractivity contribution in [1.29, 1.82) is 5.26 Å². The van der Waals surface area contributed by atoms with Crippen LogP contribution in [-0.2, 0) is 28.6 Å². The number of aromatic nitrogens is 3. The Hall–Kier alpha value is -4.45. The number of hydrogen-bond acceptors (Lipinski definition) is 11. The van der Waals surface area contributed by atoms with Gasteiger partial charge in [-0.15, -0.1) is 0 Å². The van der Waals surface area contributed by atoms with Crippen LogP contribution in [0.1, 0.15) is 98.8 Å². The second-order valence-corrected chi connectivity index (χ2v) is 9.91. The number of nitrogen functional groups attached to an aromatic ring is 1. The van der Waals surface area contributed by atoms with E-state index < -0.39 is 29.6 Å². The maximum absolute atomic E-state index is 11.8. The van der Waals surface area contributed by atoms with Crippen LogP contribution in [0.25, 0.3) is 5.52 Å². The van der Waals surface area contributed by atoms with E-state index in [-0.39, 0.29) is 44.6 Å². The van der Waals surface area contributed by atoms with E-state index in [9.17, 15) is 19.2 Å². The van der Waals surface area contributed by atoms with Gasteiger partial charge in [-0.05, 0) is 52.2 Å². The van der Waals surface area contributed by atoms with Crippen molar-refractivity contribution in [2.75, 3.05) is 18.9 Å².